The van der Waals surface area contributed by atoms with E-state index in [-0.39, 0.29) is 23.2 Å². The van der Waals surface area contributed by atoms with Gasteiger partial charge in [-0.15, -0.1) is 5.10 Å². The number of amides is 2. The molecule has 2 amide bonds. The van der Waals surface area contributed by atoms with Gasteiger partial charge >= 0.3 is 6.09 Å². The molecule has 1 unspecified atom stereocenters. The number of aryl methyl sites for hydroxylation is 2. The van der Waals surface area contributed by atoms with Crippen molar-refractivity contribution in [2.45, 2.75) is 85.2 Å². The largest absolute Gasteiger partial charge is 0.444 e. The van der Waals surface area contributed by atoms with E-state index < -0.39 is 5.60 Å². The predicted octanol–water partition coefficient (Wildman–Crippen LogP) is 6.10. The van der Waals surface area contributed by atoms with Crippen LogP contribution in [0.4, 0.5) is 16.2 Å². The summed E-state index contributed by atoms with van der Waals surface area (Å²) in [6.45, 7) is 17.3. The number of carbonyl (C=O) groups is 2. The van der Waals surface area contributed by atoms with Crippen molar-refractivity contribution in [3.8, 4) is 11.4 Å². The van der Waals surface area contributed by atoms with Crippen LogP contribution in [0.5, 0.6) is 0 Å². The summed E-state index contributed by atoms with van der Waals surface area (Å²) in [5.74, 6) is 1.35. The van der Waals surface area contributed by atoms with Crippen molar-refractivity contribution in [2.24, 2.45) is 0 Å². The van der Waals surface area contributed by atoms with Crippen molar-refractivity contribution in [2.75, 3.05) is 36.4 Å². The maximum atomic E-state index is 13.9. The van der Waals surface area contributed by atoms with Crippen molar-refractivity contribution in [1.82, 2.24) is 24.1 Å². The fourth-order valence-electron chi connectivity index (χ4n) is 6.67. The molecule has 3 aliphatic heterocycles. The van der Waals surface area contributed by atoms with Gasteiger partial charge < -0.3 is 29.2 Å². The SMILES string of the molecule is CC1CCn2c1c(N1CCN(C(=O)OC(C)(C)C)CC1)c(=O)n1nc(-c3ccc4c(c3)COC4(C)C)nc21.Cc1ccc(NC=O)c(Cl)c1. The Bertz CT molecular complexity index is 1970. The highest BCUT2D eigenvalue weighted by Gasteiger charge is 2.35. The first-order valence-corrected chi connectivity index (χ1v) is 17.0. The van der Waals surface area contributed by atoms with Gasteiger partial charge in [0, 0.05) is 44.2 Å². The molecule has 0 aliphatic carbocycles. The maximum Gasteiger partial charge on any atom is 0.410 e. The van der Waals surface area contributed by atoms with E-state index in [4.69, 9.17) is 31.2 Å². The molecular weight excluding hydrogens is 646 g/mol. The lowest BCUT2D eigenvalue weighted by Gasteiger charge is -2.37. The van der Waals surface area contributed by atoms with Crippen molar-refractivity contribution in [3.05, 3.63) is 74.2 Å². The molecule has 12 nitrogen and oxygen atoms in total. The summed E-state index contributed by atoms with van der Waals surface area (Å²) in [7, 11) is 0. The Hall–Kier alpha value is -4.42. The lowest BCUT2D eigenvalue weighted by Crippen LogP contribution is -2.51. The summed E-state index contributed by atoms with van der Waals surface area (Å²) in [5.41, 5.74) is 5.58. The van der Waals surface area contributed by atoms with E-state index in [1.54, 1.807) is 17.0 Å². The summed E-state index contributed by atoms with van der Waals surface area (Å²) in [4.78, 5) is 45.2. The van der Waals surface area contributed by atoms with Gasteiger partial charge in [-0.3, -0.25) is 9.59 Å². The molecule has 1 N–H and O–H groups in total. The zero-order valence-electron chi connectivity index (χ0n) is 29.2. The number of halogens is 1. The van der Waals surface area contributed by atoms with Gasteiger partial charge in [0.05, 0.1) is 28.6 Å². The number of carbonyl (C=O) groups excluding carboxylic acids is 2. The normalized spacial score (nSPS) is 18.1. The maximum absolute atomic E-state index is 13.9. The number of hydrogen-bond donors (Lipinski definition) is 1. The van der Waals surface area contributed by atoms with Crippen LogP contribution >= 0.6 is 11.6 Å². The predicted molar refractivity (Wildman–Crippen MR) is 189 cm³/mol. The molecule has 2 aromatic carbocycles. The fourth-order valence-corrected chi connectivity index (χ4v) is 6.96. The summed E-state index contributed by atoms with van der Waals surface area (Å²) < 4.78 is 15.1. The minimum atomic E-state index is -0.540. The molecule has 1 saturated heterocycles. The Labute approximate surface area is 291 Å². The molecule has 0 bridgehead atoms. The first-order valence-electron chi connectivity index (χ1n) is 16.7. The first-order chi connectivity index (χ1) is 23.2. The minimum absolute atomic E-state index is 0.157. The molecule has 13 heteroatoms. The van der Waals surface area contributed by atoms with Crippen molar-refractivity contribution in [1.29, 1.82) is 0 Å². The molecule has 260 valence electrons. The van der Waals surface area contributed by atoms with Crippen LogP contribution in [0.1, 0.15) is 76.3 Å². The van der Waals surface area contributed by atoms with Crippen LogP contribution in [0.25, 0.3) is 17.2 Å². The van der Waals surface area contributed by atoms with Crippen LogP contribution in [0.3, 0.4) is 0 Å². The molecule has 0 radical (unpaired) electrons. The van der Waals surface area contributed by atoms with Crippen LogP contribution < -0.4 is 15.8 Å². The molecule has 2 aromatic heterocycles. The van der Waals surface area contributed by atoms with Gasteiger partial charge in [-0.1, -0.05) is 36.7 Å². The number of anilines is 2. The molecule has 0 spiro atoms. The van der Waals surface area contributed by atoms with Crippen molar-refractivity contribution in [3.63, 3.8) is 0 Å². The van der Waals surface area contributed by atoms with Crippen LogP contribution in [0, 0.1) is 6.92 Å². The van der Waals surface area contributed by atoms with E-state index in [2.05, 4.69) is 47.7 Å². The highest BCUT2D eigenvalue weighted by atomic mass is 35.5. The second kappa shape index (κ2) is 13.1. The van der Waals surface area contributed by atoms with Crippen LogP contribution in [-0.2, 0) is 33.0 Å². The smallest absolute Gasteiger partial charge is 0.410 e. The summed E-state index contributed by atoms with van der Waals surface area (Å²) in [6, 6.07) is 11.6. The van der Waals surface area contributed by atoms with Crippen LogP contribution in [-0.4, -0.2) is 68.3 Å². The average molecular weight is 690 g/mol. The Kier molecular flexibility index (Phi) is 9.23. The summed E-state index contributed by atoms with van der Waals surface area (Å²) in [5, 5.41) is 7.76. The Morgan fingerprint density at radius 3 is 2.51 bits per heavy atom. The van der Waals surface area contributed by atoms with E-state index in [1.165, 1.54) is 10.1 Å². The van der Waals surface area contributed by atoms with E-state index in [1.807, 2.05) is 39.8 Å². The molecular formula is C36H44ClN7O5. The van der Waals surface area contributed by atoms with Gasteiger partial charge in [0.25, 0.3) is 5.56 Å². The van der Waals surface area contributed by atoms with Crippen molar-refractivity contribution < 1.29 is 19.1 Å². The van der Waals surface area contributed by atoms with Gasteiger partial charge in [-0.25, -0.2) is 4.79 Å². The highest BCUT2D eigenvalue weighted by Crippen LogP contribution is 2.38. The third-order valence-corrected chi connectivity index (χ3v) is 9.51. The van der Waals surface area contributed by atoms with Gasteiger partial charge in [0.2, 0.25) is 12.2 Å². The molecule has 5 heterocycles. The topological polar surface area (TPSA) is 123 Å². The Morgan fingerprint density at radius 2 is 1.84 bits per heavy atom. The fraction of sp³-hybridized carbons (Fsp3) is 0.472. The van der Waals surface area contributed by atoms with E-state index >= 15 is 0 Å². The van der Waals surface area contributed by atoms with Gasteiger partial charge in [-0.05, 0) is 82.9 Å². The zero-order valence-corrected chi connectivity index (χ0v) is 29.9. The van der Waals surface area contributed by atoms with E-state index in [9.17, 15) is 14.4 Å². The number of benzene rings is 2. The molecule has 7 rings (SSSR count). The van der Waals surface area contributed by atoms with Gasteiger partial charge in [0.1, 0.15) is 11.3 Å². The Balaban J connectivity index is 0.000000324. The van der Waals surface area contributed by atoms with Crippen LogP contribution in [0.15, 0.2) is 41.2 Å². The number of hydrogen-bond acceptors (Lipinski definition) is 8. The number of ether oxygens (including phenoxy) is 2. The number of nitrogens with one attached hydrogen (secondary N) is 1. The Morgan fingerprint density at radius 1 is 1.10 bits per heavy atom. The van der Waals surface area contributed by atoms with Crippen LogP contribution in [0.2, 0.25) is 5.02 Å². The molecule has 49 heavy (non-hydrogen) atoms. The standard InChI is InChI=1S/C28H36N6O4.C8H8ClNO/c1-17-9-10-33-21(17)22(31-11-13-32(14-12-31)26(36)38-27(2,3)4)24(35)34-25(33)29-23(30-34)18-7-8-20-19(15-18)16-37-28(20,5)6;1-6-2-3-8(10-5-11)7(9)4-6/h7-8,15,17H,9-14,16H2,1-6H3;2-5H,1H3,(H,10,11). The number of piperazine rings is 1. The molecule has 1 atom stereocenters. The summed E-state index contributed by atoms with van der Waals surface area (Å²) in [6.07, 6.45) is 1.24. The monoisotopic (exact) mass is 689 g/mol. The van der Waals surface area contributed by atoms with Crippen molar-refractivity contribution >= 4 is 41.3 Å². The average Bonchev–Trinajstić information content (AvgIpc) is 3.74. The van der Waals surface area contributed by atoms with E-state index in [0.29, 0.717) is 67.2 Å². The zero-order chi connectivity index (χ0) is 35.2. The molecule has 3 aliphatic rings. The van der Waals surface area contributed by atoms with Gasteiger partial charge in [0.15, 0.2) is 5.82 Å². The van der Waals surface area contributed by atoms with Gasteiger partial charge in [-0.2, -0.15) is 9.50 Å². The lowest BCUT2D eigenvalue weighted by atomic mass is 9.94. The minimum Gasteiger partial charge on any atom is -0.444 e. The quantitative estimate of drug-likeness (QED) is 0.255. The number of nitrogens with zero attached hydrogens (tertiary/aromatic N) is 6. The third-order valence-electron chi connectivity index (χ3n) is 9.20. The third kappa shape index (κ3) is 6.89. The second-order valence-corrected chi connectivity index (χ2v) is 14.8. The highest BCUT2D eigenvalue weighted by molar-refractivity contribution is 6.33. The first kappa shape index (κ1) is 34.4. The number of fused-ring (bicyclic) bond motifs is 4. The molecule has 1 fully saturated rings. The number of aromatic nitrogens is 4. The molecule has 0 saturated carbocycles. The lowest BCUT2D eigenvalue weighted by molar-refractivity contribution is -0.105. The summed E-state index contributed by atoms with van der Waals surface area (Å²) >= 11 is 5.79. The number of rotatable bonds is 4. The second-order valence-electron chi connectivity index (χ2n) is 14.4. The van der Waals surface area contributed by atoms with E-state index in [0.717, 1.165) is 35.3 Å². The molecule has 4 aromatic rings.